The molecule has 1 aromatic carbocycles. The largest absolute Gasteiger partial charge is 0.299 e. The second-order valence-electron chi connectivity index (χ2n) is 4.04. The van der Waals surface area contributed by atoms with E-state index in [0.717, 1.165) is 17.8 Å². The Balaban J connectivity index is 2.28. The first kappa shape index (κ1) is 9.20. The van der Waals surface area contributed by atoms with Gasteiger partial charge in [0, 0.05) is 0 Å². The molecular formula is C13H14O. The summed E-state index contributed by atoms with van der Waals surface area (Å²) in [6.45, 7) is 2.28. The average molecular weight is 186 g/mol. The van der Waals surface area contributed by atoms with Crippen LogP contribution in [0.15, 0.2) is 24.3 Å². The van der Waals surface area contributed by atoms with Crippen molar-refractivity contribution in [2.45, 2.75) is 19.8 Å². The molecule has 1 atom stereocenters. The van der Waals surface area contributed by atoms with Crippen LogP contribution in [-0.4, -0.2) is 6.29 Å². The molecule has 0 saturated heterocycles. The van der Waals surface area contributed by atoms with Crippen LogP contribution in [0, 0.1) is 5.92 Å². The molecule has 1 aromatic rings. The quantitative estimate of drug-likeness (QED) is 0.512. The van der Waals surface area contributed by atoms with Crippen LogP contribution in [0.2, 0.25) is 0 Å². The highest BCUT2D eigenvalue weighted by atomic mass is 16.1. The van der Waals surface area contributed by atoms with Gasteiger partial charge in [0.1, 0.15) is 6.29 Å². The highest BCUT2D eigenvalue weighted by Crippen LogP contribution is 2.27. The molecule has 1 unspecified atom stereocenters. The molecule has 0 saturated carbocycles. The van der Waals surface area contributed by atoms with E-state index in [-0.39, 0.29) is 0 Å². The molecule has 0 spiro atoms. The molecule has 1 aliphatic carbocycles. The molecule has 0 radical (unpaired) electrons. The first-order chi connectivity index (χ1) is 6.79. The van der Waals surface area contributed by atoms with Crippen molar-refractivity contribution < 1.29 is 4.79 Å². The van der Waals surface area contributed by atoms with Crippen LogP contribution in [0.4, 0.5) is 0 Å². The number of carbonyl (C=O) groups excluding carboxylic acids is 1. The molecule has 0 heterocycles. The molecule has 0 fully saturated rings. The summed E-state index contributed by atoms with van der Waals surface area (Å²) in [7, 11) is 0. The van der Waals surface area contributed by atoms with E-state index in [1.165, 1.54) is 24.0 Å². The van der Waals surface area contributed by atoms with Crippen LogP contribution in [0.3, 0.4) is 0 Å². The first-order valence-corrected chi connectivity index (χ1v) is 5.03. The lowest BCUT2D eigenvalue weighted by Crippen LogP contribution is -1.89. The van der Waals surface area contributed by atoms with E-state index < -0.39 is 0 Å². The van der Waals surface area contributed by atoms with E-state index in [1.807, 2.05) is 6.08 Å². The van der Waals surface area contributed by atoms with Gasteiger partial charge in [-0.3, -0.25) is 4.79 Å². The maximum Gasteiger partial charge on any atom is 0.142 e. The number of hydrogen-bond acceptors (Lipinski definition) is 1. The molecule has 0 N–H and O–H groups in total. The number of benzene rings is 1. The molecule has 72 valence electrons. The smallest absolute Gasteiger partial charge is 0.142 e. The van der Waals surface area contributed by atoms with Crippen LogP contribution in [0.1, 0.15) is 23.6 Å². The van der Waals surface area contributed by atoms with Crippen LogP contribution < -0.4 is 0 Å². The van der Waals surface area contributed by atoms with Crippen molar-refractivity contribution in [3.8, 4) is 0 Å². The van der Waals surface area contributed by atoms with Crippen molar-refractivity contribution in [2.75, 3.05) is 0 Å². The predicted octanol–water partition coefficient (Wildman–Crippen LogP) is 2.63. The van der Waals surface area contributed by atoms with E-state index in [4.69, 9.17) is 0 Å². The van der Waals surface area contributed by atoms with Crippen molar-refractivity contribution in [2.24, 2.45) is 5.92 Å². The van der Waals surface area contributed by atoms with E-state index in [9.17, 15) is 4.79 Å². The fourth-order valence-electron chi connectivity index (χ4n) is 2.11. The SMILES string of the molecule is CC1Cc2ccc(C=CC=O)cc2C1. The Morgan fingerprint density at radius 3 is 2.86 bits per heavy atom. The Hall–Kier alpha value is -1.37. The third-order valence-corrected chi connectivity index (χ3v) is 2.73. The fourth-order valence-corrected chi connectivity index (χ4v) is 2.11. The number of aldehydes is 1. The van der Waals surface area contributed by atoms with Gasteiger partial charge in [0.25, 0.3) is 0 Å². The van der Waals surface area contributed by atoms with Gasteiger partial charge in [0.05, 0.1) is 0 Å². The summed E-state index contributed by atoms with van der Waals surface area (Å²) in [5.74, 6) is 0.773. The van der Waals surface area contributed by atoms with E-state index >= 15 is 0 Å². The molecule has 0 bridgehead atoms. The highest BCUT2D eigenvalue weighted by Gasteiger charge is 2.16. The second kappa shape index (κ2) is 3.79. The molecule has 0 aromatic heterocycles. The predicted molar refractivity (Wildman–Crippen MR) is 58.1 cm³/mol. The summed E-state index contributed by atoms with van der Waals surface area (Å²) >= 11 is 0. The summed E-state index contributed by atoms with van der Waals surface area (Å²) in [6.07, 6.45) is 6.59. The standard InChI is InChI=1S/C13H14O/c1-10-7-12-5-4-11(3-2-6-14)9-13(12)8-10/h2-6,9-10H,7-8H2,1H3. The Morgan fingerprint density at radius 2 is 2.07 bits per heavy atom. The molecule has 1 heteroatoms. The van der Waals surface area contributed by atoms with Crippen molar-refractivity contribution in [3.05, 3.63) is 41.0 Å². The topological polar surface area (TPSA) is 17.1 Å². The van der Waals surface area contributed by atoms with Crippen LogP contribution in [-0.2, 0) is 17.6 Å². The molecule has 0 aliphatic heterocycles. The monoisotopic (exact) mass is 186 g/mol. The minimum atomic E-state index is 0.773. The second-order valence-corrected chi connectivity index (χ2v) is 4.04. The third-order valence-electron chi connectivity index (χ3n) is 2.73. The van der Waals surface area contributed by atoms with Gasteiger partial charge in [-0.2, -0.15) is 0 Å². The highest BCUT2D eigenvalue weighted by molar-refractivity contribution is 5.74. The number of rotatable bonds is 2. The van der Waals surface area contributed by atoms with Crippen LogP contribution in [0.25, 0.3) is 6.08 Å². The normalized spacial score (nSPS) is 19.9. The summed E-state index contributed by atoms with van der Waals surface area (Å²) < 4.78 is 0. The van der Waals surface area contributed by atoms with Gasteiger partial charge < -0.3 is 0 Å². The van der Waals surface area contributed by atoms with Gasteiger partial charge in [0.15, 0.2) is 0 Å². The number of fused-ring (bicyclic) bond motifs is 1. The van der Waals surface area contributed by atoms with E-state index in [2.05, 4.69) is 25.1 Å². The van der Waals surface area contributed by atoms with Crippen molar-refractivity contribution >= 4 is 12.4 Å². The lowest BCUT2D eigenvalue weighted by Gasteiger charge is -1.99. The van der Waals surface area contributed by atoms with Gasteiger partial charge in [-0.05, 0) is 41.5 Å². The molecular weight excluding hydrogens is 172 g/mol. The zero-order valence-electron chi connectivity index (χ0n) is 8.36. The van der Waals surface area contributed by atoms with E-state index in [1.54, 1.807) is 6.08 Å². The fraction of sp³-hybridized carbons (Fsp3) is 0.308. The Morgan fingerprint density at radius 1 is 1.29 bits per heavy atom. The molecule has 14 heavy (non-hydrogen) atoms. The third kappa shape index (κ3) is 1.77. The Bertz CT molecular complexity index is 377. The van der Waals surface area contributed by atoms with Crippen molar-refractivity contribution in [1.82, 2.24) is 0 Å². The Labute approximate surface area is 84.5 Å². The first-order valence-electron chi connectivity index (χ1n) is 5.03. The summed E-state index contributed by atoms with van der Waals surface area (Å²) in [6, 6.07) is 6.46. The number of allylic oxidation sites excluding steroid dienone is 1. The van der Waals surface area contributed by atoms with Gasteiger partial charge in [-0.15, -0.1) is 0 Å². The molecule has 1 nitrogen and oxygen atoms in total. The average Bonchev–Trinajstić information content (AvgIpc) is 2.54. The van der Waals surface area contributed by atoms with Crippen LogP contribution >= 0.6 is 0 Å². The Kier molecular flexibility index (Phi) is 2.49. The minimum Gasteiger partial charge on any atom is -0.299 e. The summed E-state index contributed by atoms with van der Waals surface area (Å²) in [5, 5.41) is 0. The molecule has 2 rings (SSSR count). The molecule has 1 aliphatic rings. The lowest BCUT2D eigenvalue weighted by atomic mass is 10.1. The zero-order chi connectivity index (χ0) is 9.97. The maximum atomic E-state index is 10.2. The maximum absolute atomic E-state index is 10.2. The number of carbonyl (C=O) groups is 1. The summed E-state index contributed by atoms with van der Waals surface area (Å²) in [4.78, 5) is 10.2. The molecule has 0 amide bonds. The number of hydrogen-bond donors (Lipinski definition) is 0. The van der Waals surface area contributed by atoms with Crippen molar-refractivity contribution in [1.29, 1.82) is 0 Å². The van der Waals surface area contributed by atoms with Gasteiger partial charge in [-0.25, -0.2) is 0 Å². The van der Waals surface area contributed by atoms with Crippen LogP contribution in [0.5, 0.6) is 0 Å². The lowest BCUT2D eigenvalue weighted by molar-refractivity contribution is -0.104. The minimum absolute atomic E-state index is 0.773. The summed E-state index contributed by atoms with van der Waals surface area (Å²) in [5.41, 5.74) is 4.05. The van der Waals surface area contributed by atoms with Gasteiger partial charge >= 0.3 is 0 Å². The zero-order valence-corrected chi connectivity index (χ0v) is 8.36. The van der Waals surface area contributed by atoms with Gasteiger partial charge in [-0.1, -0.05) is 31.2 Å². The van der Waals surface area contributed by atoms with E-state index in [0.29, 0.717) is 0 Å². The van der Waals surface area contributed by atoms with Crippen molar-refractivity contribution in [3.63, 3.8) is 0 Å². The van der Waals surface area contributed by atoms with Gasteiger partial charge in [0.2, 0.25) is 0 Å².